The predicted molar refractivity (Wildman–Crippen MR) is 161 cm³/mol. The molecule has 0 spiro atoms. The first-order valence-electron chi connectivity index (χ1n) is 14.4. The number of pyridine rings is 1. The molecule has 1 aromatic heterocycles. The van der Waals surface area contributed by atoms with Crippen LogP contribution in [0.15, 0.2) is 60.8 Å². The van der Waals surface area contributed by atoms with Crippen LogP contribution in [0.5, 0.6) is 0 Å². The number of anilines is 2. The zero-order chi connectivity index (χ0) is 33.2. The Hall–Kier alpha value is -4.54. The number of aromatic nitrogens is 1. The minimum absolute atomic E-state index is 0.0125. The largest absolute Gasteiger partial charge is 0.351 e. The Morgan fingerprint density at radius 2 is 1.80 bits per heavy atom. The highest BCUT2D eigenvalue weighted by molar-refractivity contribution is 6.31. The smallest absolute Gasteiger partial charge is 0.252 e. The van der Waals surface area contributed by atoms with E-state index in [0.717, 1.165) is 34.8 Å². The molecule has 14 heteroatoms. The summed E-state index contributed by atoms with van der Waals surface area (Å²) in [5.41, 5.74) is -0.194. The van der Waals surface area contributed by atoms with Crippen LogP contribution < -0.4 is 15.1 Å². The number of amides is 3. The fraction of sp³-hybridized carbons (Fsp3) is 0.344. The van der Waals surface area contributed by atoms with Gasteiger partial charge in [0.1, 0.15) is 29.5 Å². The van der Waals surface area contributed by atoms with Crippen LogP contribution >= 0.6 is 11.6 Å². The summed E-state index contributed by atoms with van der Waals surface area (Å²) in [6.45, 7) is -0.0965. The monoisotopic (exact) mass is 656 g/mol. The van der Waals surface area contributed by atoms with Crippen LogP contribution in [0.4, 0.5) is 29.1 Å². The first-order valence-corrected chi connectivity index (χ1v) is 14.8. The number of halogens is 5. The van der Waals surface area contributed by atoms with Crippen molar-refractivity contribution in [3.05, 3.63) is 88.6 Å². The molecular formula is C32H29ClF4N6O3. The number of carbonyl (C=O) groups excluding carboxylic acids is 3. The third-order valence-corrected chi connectivity index (χ3v) is 8.35. The minimum atomic E-state index is -2.98. The molecule has 0 saturated heterocycles. The molecule has 2 unspecified atom stereocenters. The maximum absolute atomic E-state index is 14.9. The van der Waals surface area contributed by atoms with Crippen molar-refractivity contribution < 1.29 is 31.9 Å². The molecule has 2 atom stereocenters. The molecule has 1 heterocycles. The first-order chi connectivity index (χ1) is 21.9. The van der Waals surface area contributed by atoms with Gasteiger partial charge in [0, 0.05) is 54.3 Å². The minimum Gasteiger partial charge on any atom is -0.351 e. The Labute approximate surface area is 267 Å². The summed E-state index contributed by atoms with van der Waals surface area (Å²) in [6.07, 6.45) is 2.02. The van der Waals surface area contributed by atoms with E-state index in [4.69, 9.17) is 11.6 Å². The van der Waals surface area contributed by atoms with Gasteiger partial charge in [0.25, 0.3) is 11.8 Å². The molecule has 0 bridgehead atoms. The van der Waals surface area contributed by atoms with E-state index in [1.165, 1.54) is 36.5 Å². The zero-order valence-electron chi connectivity index (χ0n) is 24.5. The number of hydrogen-bond donors (Lipinski definition) is 1. The number of likely N-dealkylation sites (N-methyl/N-ethyl adjacent to an activating group) is 1. The average Bonchev–Trinajstić information content (AvgIpc) is 3.84. The molecule has 46 heavy (non-hydrogen) atoms. The number of hydrogen-bond acceptors (Lipinski definition) is 6. The molecule has 9 nitrogen and oxygen atoms in total. The number of benzene rings is 2. The van der Waals surface area contributed by atoms with Gasteiger partial charge >= 0.3 is 0 Å². The van der Waals surface area contributed by atoms with E-state index < -0.39 is 60.3 Å². The van der Waals surface area contributed by atoms with E-state index in [-0.39, 0.29) is 40.2 Å². The van der Waals surface area contributed by atoms with Gasteiger partial charge in [0.2, 0.25) is 12.3 Å². The lowest BCUT2D eigenvalue weighted by molar-refractivity contribution is -0.133. The lowest BCUT2D eigenvalue weighted by Gasteiger charge is -2.40. The lowest BCUT2D eigenvalue weighted by atomic mass is 9.87. The third-order valence-electron chi connectivity index (χ3n) is 8.01. The maximum atomic E-state index is 14.9. The Morgan fingerprint density at radius 1 is 1.13 bits per heavy atom. The van der Waals surface area contributed by atoms with Crippen molar-refractivity contribution in [2.24, 2.45) is 0 Å². The Morgan fingerprint density at radius 3 is 2.39 bits per heavy atom. The summed E-state index contributed by atoms with van der Waals surface area (Å²) in [7, 11) is 1.74. The fourth-order valence-corrected chi connectivity index (χ4v) is 5.76. The number of nitrogens with zero attached hydrogens (tertiary/aromatic N) is 5. The summed E-state index contributed by atoms with van der Waals surface area (Å²) in [4.78, 5) is 49.4. The second-order valence-corrected chi connectivity index (χ2v) is 11.9. The standard InChI is InChI=1S/C32H29ClF4N6O3/c1-41(23-6-7-23)17-27(42(18-44)28-10-19(16-38)8-9-39-28)31(46)43(24-12-20(34)11-21(35)13-24)29(25-4-2-3-5-26(25)33)30(45)40-22-14-32(36,37)15-22/h2-5,8-13,18,22-23,27,29H,6-7,14-15,17H2,1H3,(H,40,45). The topological polar surface area (TPSA) is 110 Å². The van der Waals surface area contributed by atoms with Crippen molar-refractivity contribution in [1.29, 1.82) is 5.26 Å². The van der Waals surface area contributed by atoms with Crippen LogP contribution in [0, 0.1) is 23.0 Å². The van der Waals surface area contributed by atoms with Crippen molar-refractivity contribution in [2.45, 2.75) is 55.8 Å². The van der Waals surface area contributed by atoms with E-state index in [9.17, 15) is 37.2 Å². The third kappa shape index (κ3) is 7.29. The molecule has 2 aliphatic carbocycles. The van der Waals surface area contributed by atoms with Crippen LogP contribution in [0.3, 0.4) is 0 Å². The van der Waals surface area contributed by atoms with Crippen molar-refractivity contribution >= 4 is 41.3 Å². The number of alkyl halides is 2. The second-order valence-electron chi connectivity index (χ2n) is 11.4. The van der Waals surface area contributed by atoms with E-state index in [1.54, 1.807) is 13.1 Å². The van der Waals surface area contributed by atoms with Crippen LogP contribution in [0.25, 0.3) is 0 Å². The number of carbonyl (C=O) groups is 3. The van der Waals surface area contributed by atoms with E-state index in [2.05, 4.69) is 10.3 Å². The predicted octanol–water partition coefficient (Wildman–Crippen LogP) is 5.00. The van der Waals surface area contributed by atoms with Gasteiger partial charge in [0.15, 0.2) is 0 Å². The quantitative estimate of drug-likeness (QED) is 0.217. The van der Waals surface area contributed by atoms with Gasteiger partial charge in [-0.3, -0.25) is 24.2 Å². The summed E-state index contributed by atoms with van der Waals surface area (Å²) < 4.78 is 56.9. The summed E-state index contributed by atoms with van der Waals surface area (Å²) in [5, 5.41) is 12.0. The molecule has 2 aliphatic rings. The molecule has 0 aliphatic heterocycles. The van der Waals surface area contributed by atoms with Crippen LogP contribution in [0.1, 0.15) is 42.9 Å². The number of rotatable bonds is 12. The molecule has 0 radical (unpaired) electrons. The Balaban J connectivity index is 1.67. The Bertz CT molecular complexity index is 1660. The van der Waals surface area contributed by atoms with Crippen molar-refractivity contribution in [1.82, 2.24) is 15.2 Å². The first kappa shape index (κ1) is 32.8. The zero-order valence-corrected chi connectivity index (χ0v) is 25.3. The number of nitriles is 1. The van der Waals surface area contributed by atoms with Gasteiger partial charge in [-0.05, 0) is 50.2 Å². The summed E-state index contributed by atoms with van der Waals surface area (Å²) in [6, 6.07) is 8.89. The maximum Gasteiger partial charge on any atom is 0.252 e. The number of nitrogens with one attached hydrogen (secondary N) is 1. The van der Waals surface area contributed by atoms with Crippen LogP contribution in [-0.4, -0.2) is 65.7 Å². The highest BCUT2D eigenvalue weighted by atomic mass is 35.5. The molecule has 2 saturated carbocycles. The molecule has 2 fully saturated rings. The van der Waals surface area contributed by atoms with Gasteiger partial charge in [-0.2, -0.15) is 5.26 Å². The molecule has 240 valence electrons. The van der Waals surface area contributed by atoms with Gasteiger partial charge < -0.3 is 10.2 Å². The van der Waals surface area contributed by atoms with Crippen molar-refractivity contribution in [3.63, 3.8) is 0 Å². The summed E-state index contributed by atoms with van der Waals surface area (Å²) >= 11 is 6.52. The van der Waals surface area contributed by atoms with Gasteiger partial charge in [-0.15, -0.1) is 0 Å². The normalized spacial score (nSPS) is 16.9. The van der Waals surface area contributed by atoms with Crippen LogP contribution in [-0.2, 0) is 14.4 Å². The average molecular weight is 657 g/mol. The molecule has 3 amide bonds. The molecule has 1 N–H and O–H groups in total. The molecular weight excluding hydrogens is 628 g/mol. The molecule has 5 rings (SSSR count). The summed E-state index contributed by atoms with van der Waals surface area (Å²) in [5.74, 6) is -7.04. The van der Waals surface area contributed by atoms with Gasteiger partial charge in [-0.25, -0.2) is 22.5 Å². The van der Waals surface area contributed by atoms with E-state index >= 15 is 0 Å². The lowest BCUT2D eigenvalue weighted by Crippen LogP contribution is -2.58. The van der Waals surface area contributed by atoms with Crippen LogP contribution in [0.2, 0.25) is 5.02 Å². The van der Waals surface area contributed by atoms with Crippen molar-refractivity contribution in [2.75, 3.05) is 23.4 Å². The van der Waals surface area contributed by atoms with E-state index in [1.807, 2.05) is 11.0 Å². The second kappa shape index (κ2) is 13.4. The molecule has 2 aromatic carbocycles. The fourth-order valence-electron chi connectivity index (χ4n) is 5.52. The van der Waals surface area contributed by atoms with Gasteiger partial charge in [-0.1, -0.05) is 29.8 Å². The highest BCUT2D eigenvalue weighted by Gasteiger charge is 2.48. The highest BCUT2D eigenvalue weighted by Crippen LogP contribution is 2.39. The molecule has 3 aromatic rings. The van der Waals surface area contributed by atoms with Crippen molar-refractivity contribution in [3.8, 4) is 6.07 Å². The SMILES string of the molecule is CN(CC(C(=O)N(c1cc(F)cc(F)c1)C(C(=O)NC1CC(F)(F)C1)c1ccccc1Cl)N(C=O)c1cc(C#N)ccn1)C1CC1. The van der Waals surface area contributed by atoms with E-state index in [0.29, 0.717) is 12.5 Å². The Kier molecular flexibility index (Phi) is 9.60. The van der Waals surface area contributed by atoms with Gasteiger partial charge in [0.05, 0.1) is 17.3 Å².